The molecule has 0 saturated carbocycles. The van der Waals surface area contributed by atoms with Gasteiger partial charge in [0.25, 0.3) is 0 Å². The molecule has 2 aromatic rings. The van der Waals surface area contributed by atoms with Gasteiger partial charge in [0.2, 0.25) is 0 Å². The van der Waals surface area contributed by atoms with Crippen molar-refractivity contribution in [3.8, 4) is 11.5 Å². The second-order valence-electron chi connectivity index (χ2n) is 4.89. The van der Waals surface area contributed by atoms with Crippen LogP contribution in [-0.4, -0.2) is 30.2 Å². The van der Waals surface area contributed by atoms with Gasteiger partial charge in [-0.1, -0.05) is 25.1 Å². The van der Waals surface area contributed by atoms with Gasteiger partial charge in [-0.2, -0.15) is 0 Å². The first kappa shape index (κ1) is 16.0. The number of hydrogen-bond donors (Lipinski definition) is 1. The van der Waals surface area contributed by atoms with Crippen molar-refractivity contribution in [2.45, 2.75) is 19.4 Å². The summed E-state index contributed by atoms with van der Waals surface area (Å²) in [4.78, 5) is 11.5. The van der Waals surface area contributed by atoms with Crippen molar-refractivity contribution < 1.29 is 19.4 Å². The van der Waals surface area contributed by atoms with Crippen LogP contribution in [0.5, 0.6) is 11.5 Å². The van der Waals surface area contributed by atoms with Crippen LogP contribution in [0.3, 0.4) is 0 Å². The summed E-state index contributed by atoms with van der Waals surface area (Å²) in [5, 5.41) is 9.85. The Kier molecular flexibility index (Phi) is 5.98. The van der Waals surface area contributed by atoms with Crippen molar-refractivity contribution in [2.75, 3.05) is 13.2 Å². The lowest BCUT2D eigenvalue weighted by Crippen LogP contribution is -2.25. The Balaban J connectivity index is 1.76. The number of ketones is 1. The maximum Gasteiger partial charge on any atom is 0.162 e. The molecule has 1 atom stereocenters. The van der Waals surface area contributed by atoms with E-state index in [0.717, 1.165) is 0 Å². The van der Waals surface area contributed by atoms with E-state index in [2.05, 4.69) is 0 Å². The number of aliphatic hydroxyl groups is 1. The lowest BCUT2D eigenvalue weighted by Gasteiger charge is -2.13. The van der Waals surface area contributed by atoms with Gasteiger partial charge < -0.3 is 14.6 Å². The number of hydrogen-bond acceptors (Lipinski definition) is 4. The standard InChI is InChI=1S/C18H20O4/c1-2-18(20)14-8-10-17(11-9-14)22-13-15(19)12-21-16-6-4-3-5-7-16/h3-11,15,19H,2,12-13H2,1H3. The molecular formula is C18H20O4. The lowest BCUT2D eigenvalue weighted by molar-refractivity contribution is 0.0626. The van der Waals surface area contributed by atoms with Gasteiger partial charge in [-0.15, -0.1) is 0 Å². The van der Waals surface area contributed by atoms with E-state index in [1.54, 1.807) is 24.3 Å². The zero-order valence-electron chi connectivity index (χ0n) is 12.6. The first-order valence-electron chi connectivity index (χ1n) is 7.31. The molecule has 0 saturated heterocycles. The van der Waals surface area contributed by atoms with Gasteiger partial charge in [-0.05, 0) is 36.4 Å². The smallest absolute Gasteiger partial charge is 0.162 e. The second kappa shape index (κ2) is 8.20. The molecule has 1 unspecified atom stereocenters. The Morgan fingerprint density at radius 3 is 2.05 bits per heavy atom. The molecule has 1 N–H and O–H groups in total. The molecule has 4 nitrogen and oxygen atoms in total. The Labute approximate surface area is 130 Å². The number of aliphatic hydroxyl groups excluding tert-OH is 1. The maximum atomic E-state index is 11.5. The van der Waals surface area contributed by atoms with Crippen LogP contribution >= 0.6 is 0 Å². The molecule has 22 heavy (non-hydrogen) atoms. The summed E-state index contributed by atoms with van der Waals surface area (Å²) in [6.07, 6.45) is -0.243. The van der Waals surface area contributed by atoms with Gasteiger partial charge >= 0.3 is 0 Å². The highest BCUT2D eigenvalue weighted by molar-refractivity contribution is 5.95. The number of para-hydroxylation sites is 1. The Morgan fingerprint density at radius 2 is 1.50 bits per heavy atom. The first-order valence-corrected chi connectivity index (χ1v) is 7.31. The monoisotopic (exact) mass is 300 g/mol. The topological polar surface area (TPSA) is 55.8 Å². The van der Waals surface area contributed by atoms with E-state index in [1.807, 2.05) is 37.3 Å². The molecule has 0 aliphatic rings. The quantitative estimate of drug-likeness (QED) is 0.761. The van der Waals surface area contributed by atoms with Crippen molar-refractivity contribution in [3.05, 3.63) is 60.2 Å². The normalized spacial score (nSPS) is 11.7. The van der Waals surface area contributed by atoms with Crippen molar-refractivity contribution >= 4 is 5.78 Å². The predicted molar refractivity (Wildman–Crippen MR) is 84.5 cm³/mol. The third kappa shape index (κ3) is 4.90. The molecular weight excluding hydrogens is 280 g/mol. The molecule has 0 radical (unpaired) electrons. The summed E-state index contributed by atoms with van der Waals surface area (Å²) in [6.45, 7) is 2.13. The summed E-state index contributed by atoms with van der Waals surface area (Å²) in [7, 11) is 0. The van der Waals surface area contributed by atoms with Gasteiger partial charge in [0.15, 0.2) is 5.78 Å². The van der Waals surface area contributed by atoms with Crippen LogP contribution in [0.2, 0.25) is 0 Å². The molecule has 0 heterocycles. The largest absolute Gasteiger partial charge is 0.491 e. The van der Waals surface area contributed by atoms with Crippen LogP contribution in [0.4, 0.5) is 0 Å². The predicted octanol–water partition coefficient (Wildman–Crippen LogP) is 3.10. The first-order chi connectivity index (χ1) is 10.7. The van der Waals surface area contributed by atoms with E-state index in [9.17, 15) is 9.90 Å². The minimum Gasteiger partial charge on any atom is -0.491 e. The summed E-state index contributed by atoms with van der Waals surface area (Å²) in [5.41, 5.74) is 0.669. The van der Waals surface area contributed by atoms with Gasteiger partial charge in [0, 0.05) is 12.0 Å². The average molecular weight is 300 g/mol. The fourth-order valence-electron chi connectivity index (χ4n) is 1.89. The summed E-state index contributed by atoms with van der Waals surface area (Å²) in [5.74, 6) is 1.43. The summed E-state index contributed by atoms with van der Waals surface area (Å²) < 4.78 is 10.9. The van der Waals surface area contributed by atoms with Crippen LogP contribution in [0.1, 0.15) is 23.7 Å². The number of Topliss-reactive ketones (excluding diaryl/α,β-unsaturated/α-hetero) is 1. The van der Waals surface area contributed by atoms with Crippen molar-refractivity contribution in [1.82, 2.24) is 0 Å². The highest BCUT2D eigenvalue weighted by atomic mass is 16.5. The maximum absolute atomic E-state index is 11.5. The molecule has 0 aliphatic carbocycles. The number of carbonyl (C=O) groups excluding carboxylic acids is 1. The second-order valence-corrected chi connectivity index (χ2v) is 4.89. The average Bonchev–Trinajstić information content (AvgIpc) is 2.58. The Morgan fingerprint density at radius 1 is 0.955 bits per heavy atom. The van der Waals surface area contributed by atoms with Crippen molar-refractivity contribution in [1.29, 1.82) is 0 Å². The van der Waals surface area contributed by atoms with Gasteiger partial charge in [0.05, 0.1) is 0 Å². The van der Waals surface area contributed by atoms with Crippen LogP contribution in [0.25, 0.3) is 0 Å². The Hall–Kier alpha value is -2.33. The molecule has 0 aromatic heterocycles. The van der Waals surface area contributed by atoms with Crippen molar-refractivity contribution in [2.24, 2.45) is 0 Å². The molecule has 116 valence electrons. The molecule has 0 aliphatic heterocycles. The molecule has 2 rings (SSSR count). The molecule has 0 bridgehead atoms. The zero-order chi connectivity index (χ0) is 15.8. The van der Waals surface area contributed by atoms with Crippen LogP contribution in [0, 0.1) is 0 Å². The van der Waals surface area contributed by atoms with E-state index in [4.69, 9.17) is 9.47 Å². The molecule has 2 aromatic carbocycles. The number of rotatable bonds is 8. The highest BCUT2D eigenvalue weighted by Crippen LogP contribution is 2.14. The molecule has 4 heteroatoms. The van der Waals surface area contributed by atoms with E-state index < -0.39 is 6.10 Å². The third-order valence-electron chi connectivity index (χ3n) is 3.13. The van der Waals surface area contributed by atoms with Gasteiger partial charge in [-0.25, -0.2) is 0 Å². The molecule has 0 amide bonds. The van der Waals surface area contributed by atoms with Gasteiger partial charge in [-0.3, -0.25) is 4.79 Å². The molecule has 0 spiro atoms. The zero-order valence-corrected chi connectivity index (χ0v) is 12.6. The van der Waals surface area contributed by atoms with E-state index in [-0.39, 0.29) is 19.0 Å². The van der Waals surface area contributed by atoms with Crippen LogP contribution in [0.15, 0.2) is 54.6 Å². The highest BCUT2D eigenvalue weighted by Gasteiger charge is 2.07. The van der Waals surface area contributed by atoms with E-state index >= 15 is 0 Å². The summed E-state index contributed by atoms with van der Waals surface area (Å²) in [6, 6.07) is 16.2. The summed E-state index contributed by atoms with van der Waals surface area (Å²) >= 11 is 0. The number of ether oxygens (including phenoxy) is 2. The number of benzene rings is 2. The fraction of sp³-hybridized carbons (Fsp3) is 0.278. The minimum atomic E-state index is -0.725. The molecule has 0 fully saturated rings. The van der Waals surface area contributed by atoms with E-state index in [1.165, 1.54) is 0 Å². The third-order valence-corrected chi connectivity index (χ3v) is 3.13. The van der Waals surface area contributed by atoms with Crippen LogP contribution in [-0.2, 0) is 0 Å². The van der Waals surface area contributed by atoms with Gasteiger partial charge in [0.1, 0.15) is 30.8 Å². The number of carbonyl (C=O) groups is 1. The Bertz CT molecular complexity index is 578. The minimum absolute atomic E-state index is 0.0999. The fourth-order valence-corrected chi connectivity index (χ4v) is 1.89. The SMILES string of the molecule is CCC(=O)c1ccc(OCC(O)COc2ccccc2)cc1. The van der Waals surface area contributed by atoms with Crippen LogP contribution < -0.4 is 9.47 Å². The van der Waals surface area contributed by atoms with Crippen molar-refractivity contribution in [3.63, 3.8) is 0 Å². The lowest BCUT2D eigenvalue weighted by atomic mass is 10.1. The van der Waals surface area contributed by atoms with E-state index in [0.29, 0.717) is 23.5 Å².